The molecule has 2 heterocycles. The van der Waals surface area contributed by atoms with Crippen LogP contribution in [0.2, 0.25) is 0 Å². The molecule has 96 valence electrons. The summed E-state index contributed by atoms with van der Waals surface area (Å²) in [6, 6.07) is 9.63. The second-order valence-corrected chi connectivity index (χ2v) is 6.69. The maximum absolute atomic E-state index is 12.4. The van der Waals surface area contributed by atoms with Gasteiger partial charge < -0.3 is 5.02 Å². The van der Waals surface area contributed by atoms with Crippen molar-refractivity contribution in [2.75, 3.05) is 0 Å². The van der Waals surface area contributed by atoms with Crippen molar-refractivity contribution in [1.82, 2.24) is 4.33 Å². The lowest BCUT2D eigenvalue weighted by molar-refractivity contribution is 0.476. The summed E-state index contributed by atoms with van der Waals surface area (Å²) in [5.74, 6) is 0. The molecule has 0 saturated carbocycles. The average Bonchev–Trinajstić information content (AvgIpc) is 2.89. The summed E-state index contributed by atoms with van der Waals surface area (Å²) in [6.45, 7) is 0. The van der Waals surface area contributed by atoms with Gasteiger partial charge >= 0.3 is 7.05 Å². The van der Waals surface area contributed by atoms with Gasteiger partial charge in [0.25, 0.3) is 10.0 Å². The number of sulfonamides is 1. The minimum Gasteiger partial charge on any atom is -0.427 e. The molecule has 1 aliphatic heterocycles. The van der Waals surface area contributed by atoms with Crippen LogP contribution in [-0.2, 0) is 10.0 Å². The third-order valence-corrected chi connectivity index (χ3v) is 5.31. The number of fused-ring (bicyclic) bond motifs is 1. The molecule has 0 amide bonds. The standard InChI is InChI=1S/C11H9BN2O3S2/c15-12-10-6-7-18-11(10)8-13-14(12)19(16,17)9-4-2-1-3-5-9/h1-8,15H. The van der Waals surface area contributed by atoms with Crippen LogP contribution in [0.5, 0.6) is 0 Å². The van der Waals surface area contributed by atoms with Crippen molar-refractivity contribution in [3.8, 4) is 0 Å². The lowest BCUT2D eigenvalue weighted by atomic mass is 9.75. The van der Waals surface area contributed by atoms with E-state index in [2.05, 4.69) is 5.10 Å². The van der Waals surface area contributed by atoms with Crippen LogP contribution in [0.1, 0.15) is 4.88 Å². The predicted octanol–water partition coefficient (Wildman–Crippen LogP) is 0.474. The van der Waals surface area contributed by atoms with Gasteiger partial charge in [0.05, 0.1) is 11.1 Å². The van der Waals surface area contributed by atoms with Crippen LogP contribution in [-0.4, -0.2) is 31.0 Å². The first-order chi connectivity index (χ1) is 9.10. The van der Waals surface area contributed by atoms with Crippen LogP contribution in [0.4, 0.5) is 0 Å². The van der Waals surface area contributed by atoms with Gasteiger partial charge in [0.2, 0.25) is 0 Å². The van der Waals surface area contributed by atoms with Crippen molar-refractivity contribution in [1.29, 1.82) is 0 Å². The van der Waals surface area contributed by atoms with E-state index in [1.54, 1.807) is 29.6 Å². The van der Waals surface area contributed by atoms with Crippen LogP contribution in [0, 0.1) is 0 Å². The molecule has 5 nitrogen and oxygen atoms in total. The number of nitrogens with zero attached hydrogens (tertiary/aromatic N) is 2. The minimum absolute atomic E-state index is 0.102. The van der Waals surface area contributed by atoms with Gasteiger partial charge in [0.1, 0.15) is 0 Å². The molecule has 0 unspecified atom stereocenters. The molecule has 0 saturated heterocycles. The molecule has 0 bridgehead atoms. The zero-order valence-electron chi connectivity index (χ0n) is 9.67. The Balaban J connectivity index is 2.05. The summed E-state index contributed by atoms with van der Waals surface area (Å²) >= 11 is 1.41. The molecule has 0 fully saturated rings. The number of rotatable bonds is 2. The van der Waals surface area contributed by atoms with E-state index in [1.165, 1.54) is 29.7 Å². The Morgan fingerprint density at radius 1 is 1.21 bits per heavy atom. The van der Waals surface area contributed by atoms with E-state index in [9.17, 15) is 13.4 Å². The van der Waals surface area contributed by atoms with E-state index in [-0.39, 0.29) is 4.90 Å². The lowest BCUT2D eigenvalue weighted by Gasteiger charge is -2.24. The van der Waals surface area contributed by atoms with E-state index in [0.717, 1.165) is 9.20 Å². The number of benzene rings is 1. The van der Waals surface area contributed by atoms with Crippen LogP contribution < -0.4 is 5.46 Å². The molecule has 8 heteroatoms. The number of hydrazone groups is 1. The zero-order valence-corrected chi connectivity index (χ0v) is 11.3. The van der Waals surface area contributed by atoms with Gasteiger partial charge in [-0.1, -0.05) is 24.3 Å². The highest BCUT2D eigenvalue weighted by Crippen LogP contribution is 2.20. The SMILES string of the molecule is O=S(=O)(c1ccccc1)N1N=Cc2sccc2B1O. The van der Waals surface area contributed by atoms with Crippen LogP contribution >= 0.6 is 11.3 Å². The topological polar surface area (TPSA) is 70.0 Å². The molecule has 0 aliphatic carbocycles. The predicted molar refractivity (Wildman–Crippen MR) is 75.0 cm³/mol. The van der Waals surface area contributed by atoms with Crippen molar-refractivity contribution in [2.45, 2.75) is 4.90 Å². The molecular formula is C11H9BN2O3S2. The first-order valence-electron chi connectivity index (χ1n) is 5.49. The molecule has 3 rings (SSSR count). The first kappa shape index (κ1) is 12.4. The average molecular weight is 292 g/mol. The fraction of sp³-hybridized carbons (Fsp3) is 0. The maximum atomic E-state index is 12.4. The van der Waals surface area contributed by atoms with Crippen molar-refractivity contribution < 1.29 is 13.4 Å². The van der Waals surface area contributed by atoms with Gasteiger partial charge in [-0.05, 0) is 23.0 Å². The minimum atomic E-state index is -3.84. The summed E-state index contributed by atoms with van der Waals surface area (Å²) in [4.78, 5) is 0.872. The molecule has 1 aromatic carbocycles. The van der Waals surface area contributed by atoms with Crippen molar-refractivity contribution in [3.63, 3.8) is 0 Å². The molecule has 1 aliphatic rings. The second kappa shape index (κ2) is 4.48. The Morgan fingerprint density at radius 2 is 1.95 bits per heavy atom. The summed E-state index contributed by atoms with van der Waals surface area (Å²) in [7, 11) is -5.12. The Bertz CT molecular complexity index is 727. The number of hydrogen-bond acceptors (Lipinski definition) is 5. The molecule has 19 heavy (non-hydrogen) atoms. The van der Waals surface area contributed by atoms with Crippen LogP contribution in [0.3, 0.4) is 0 Å². The number of thiophene rings is 1. The Labute approximate surface area is 115 Å². The fourth-order valence-electron chi connectivity index (χ4n) is 1.83. The Morgan fingerprint density at radius 3 is 2.68 bits per heavy atom. The second-order valence-electron chi connectivity index (χ2n) is 3.95. The summed E-state index contributed by atoms with van der Waals surface area (Å²) in [6.07, 6.45) is 1.45. The fourth-order valence-corrected chi connectivity index (χ4v) is 3.88. The van der Waals surface area contributed by atoms with Crippen LogP contribution in [0.25, 0.3) is 0 Å². The monoisotopic (exact) mass is 292 g/mol. The van der Waals surface area contributed by atoms with Crippen LogP contribution in [0.15, 0.2) is 51.8 Å². The van der Waals surface area contributed by atoms with E-state index in [4.69, 9.17) is 0 Å². The summed E-state index contributed by atoms with van der Waals surface area (Å²) in [5, 5.41) is 15.8. The smallest absolute Gasteiger partial charge is 0.427 e. The zero-order chi connectivity index (χ0) is 13.5. The highest BCUT2D eigenvalue weighted by Gasteiger charge is 2.38. The molecule has 1 aromatic heterocycles. The third kappa shape index (κ3) is 1.97. The Kier molecular flexibility index (Phi) is 2.92. The molecule has 1 N–H and O–H groups in total. The third-order valence-electron chi connectivity index (χ3n) is 2.79. The molecule has 0 radical (unpaired) electrons. The first-order valence-corrected chi connectivity index (χ1v) is 7.81. The Hall–Kier alpha value is -1.64. The highest BCUT2D eigenvalue weighted by atomic mass is 32.2. The van der Waals surface area contributed by atoms with Gasteiger partial charge in [0.15, 0.2) is 0 Å². The van der Waals surface area contributed by atoms with Gasteiger partial charge in [-0.25, -0.2) is 8.42 Å². The highest BCUT2D eigenvalue weighted by molar-refractivity contribution is 7.90. The molecule has 0 spiro atoms. The van der Waals surface area contributed by atoms with E-state index >= 15 is 0 Å². The van der Waals surface area contributed by atoms with Crippen molar-refractivity contribution in [3.05, 3.63) is 46.7 Å². The van der Waals surface area contributed by atoms with Gasteiger partial charge in [-0.3, -0.25) is 0 Å². The lowest BCUT2D eigenvalue weighted by Crippen LogP contribution is -2.51. The largest absolute Gasteiger partial charge is 0.485 e. The number of hydrogen-bond donors (Lipinski definition) is 1. The van der Waals surface area contributed by atoms with Gasteiger partial charge in [-0.2, -0.15) is 9.43 Å². The quantitative estimate of drug-likeness (QED) is 0.818. The van der Waals surface area contributed by atoms with E-state index in [0.29, 0.717) is 5.46 Å². The van der Waals surface area contributed by atoms with Gasteiger partial charge in [0, 0.05) is 4.88 Å². The van der Waals surface area contributed by atoms with Crippen molar-refractivity contribution >= 4 is 40.1 Å². The van der Waals surface area contributed by atoms with E-state index < -0.39 is 17.1 Å². The molecule has 0 atom stereocenters. The summed E-state index contributed by atoms with van der Waals surface area (Å²) < 4.78 is 25.5. The molecule has 2 aromatic rings. The normalized spacial score (nSPS) is 14.6. The molecular weight excluding hydrogens is 283 g/mol. The maximum Gasteiger partial charge on any atom is 0.485 e. The van der Waals surface area contributed by atoms with Crippen molar-refractivity contribution in [2.24, 2.45) is 5.10 Å². The van der Waals surface area contributed by atoms with E-state index in [1.807, 2.05) is 0 Å². The van der Waals surface area contributed by atoms with Gasteiger partial charge in [-0.15, -0.1) is 11.3 Å². The summed E-state index contributed by atoms with van der Waals surface area (Å²) in [5.41, 5.74) is 0.555.